The molecule has 4 unspecified atom stereocenters. The monoisotopic (exact) mass is 383 g/mol. The molecule has 0 radical (unpaired) electrons. The SMILES string of the molecule is CC(C)(C)S(=O)NC1=C2CC3CC1CC(O[Si](C)(C)C(C)(C)C)(C2)C3. The lowest BCUT2D eigenvalue weighted by Gasteiger charge is -2.57. The molecule has 4 aliphatic rings. The molecule has 0 heterocycles. The van der Waals surface area contributed by atoms with Gasteiger partial charge in [0.1, 0.15) is 11.0 Å². The van der Waals surface area contributed by atoms with Crippen molar-refractivity contribution >= 4 is 19.3 Å². The molecule has 0 aromatic carbocycles. The summed E-state index contributed by atoms with van der Waals surface area (Å²) in [5, 5.41) is 0.250. The molecule has 5 heteroatoms. The van der Waals surface area contributed by atoms with Crippen LogP contribution in [0.2, 0.25) is 18.1 Å². The molecule has 1 N–H and O–H groups in total. The van der Waals surface area contributed by atoms with Gasteiger partial charge in [-0.25, -0.2) is 4.21 Å². The van der Waals surface area contributed by atoms with Gasteiger partial charge in [0.15, 0.2) is 8.32 Å². The van der Waals surface area contributed by atoms with Crippen molar-refractivity contribution in [3.05, 3.63) is 11.3 Å². The Morgan fingerprint density at radius 2 is 1.80 bits per heavy atom. The highest BCUT2D eigenvalue weighted by atomic mass is 32.2. The van der Waals surface area contributed by atoms with Crippen molar-refractivity contribution in [2.24, 2.45) is 11.8 Å². The number of hydrogen-bond donors (Lipinski definition) is 1. The quantitative estimate of drug-likeness (QED) is 0.671. The molecule has 0 aromatic rings. The van der Waals surface area contributed by atoms with Gasteiger partial charge in [-0.3, -0.25) is 0 Å². The molecular formula is C20H37NO2SSi. The van der Waals surface area contributed by atoms with Crippen LogP contribution in [0.5, 0.6) is 0 Å². The van der Waals surface area contributed by atoms with E-state index in [9.17, 15) is 4.21 Å². The first kappa shape index (κ1) is 19.6. The second kappa shape index (κ2) is 5.93. The third kappa shape index (κ3) is 3.66. The van der Waals surface area contributed by atoms with E-state index in [1.54, 1.807) is 0 Å². The summed E-state index contributed by atoms with van der Waals surface area (Å²) in [6.45, 7) is 17.9. The molecule has 4 aliphatic carbocycles. The average molecular weight is 384 g/mol. The first-order valence-electron chi connectivity index (χ1n) is 9.83. The van der Waals surface area contributed by atoms with Gasteiger partial charge in [-0.05, 0) is 82.5 Å². The van der Waals surface area contributed by atoms with Gasteiger partial charge in [-0.1, -0.05) is 20.8 Å². The fourth-order valence-electron chi connectivity index (χ4n) is 4.67. The van der Waals surface area contributed by atoms with E-state index in [4.69, 9.17) is 4.43 Å². The average Bonchev–Trinajstić information content (AvgIpc) is 2.38. The van der Waals surface area contributed by atoms with Crippen LogP contribution in [0.25, 0.3) is 0 Å². The van der Waals surface area contributed by atoms with Crippen LogP contribution < -0.4 is 4.72 Å². The first-order chi connectivity index (χ1) is 11.2. The minimum absolute atomic E-state index is 0.0541. The van der Waals surface area contributed by atoms with Crippen LogP contribution in [0.15, 0.2) is 11.3 Å². The Balaban J connectivity index is 1.84. The van der Waals surface area contributed by atoms with Crippen LogP contribution >= 0.6 is 0 Å². The van der Waals surface area contributed by atoms with E-state index in [2.05, 4.69) is 38.6 Å². The van der Waals surface area contributed by atoms with Gasteiger partial charge in [-0.15, -0.1) is 0 Å². The minimum Gasteiger partial charge on any atom is -0.411 e. The van der Waals surface area contributed by atoms with Crippen molar-refractivity contribution in [3.63, 3.8) is 0 Å². The molecule has 0 aliphatic heterocycles. The summed E-state index contributed by atoms with van der Waals surface area (Å²) in [7, 11) is -2.80. The van der Waals surface area contributed by atoms with Crippen LogP contribution in [-0.2, 0) is 15.4 Å². The highest BCUT2D eigenvalue weighted by molar-refractivity contribution is 7.84. The lowest BCUT2D eigenvalue weighted by atomic mass is 9.58. The Bertz CT molecular complexity index is 614. The lowest BCUT2D eigenvalue weighted by molar-refractivity contribution is -0.0465. The van der Waals surface area contributed by atoms with Crippen molar-refractivity contribution in [2.75, 3.05) is 0 Å². The standard InChI is InChI=1S/C20H37NO2SSi/c1-18(2,3)24(22)21-17-15-9-14-10-16(17)13-20(11-14,12-15)23-25(7,8)19(4,5)6/h14-15,21H,9-13H2,1-8H3. The van der Waals surface area contributed by atoms with E-state index in [0.717, 1.165) is 18.8 Å². The molecule has 0 saturated heterocycles. The Morgan fingerprint density at radius 1 is 1.16 bits per heavy atom. The number of allylic oxidation sites excluding steroid dienone is 1. The molecule has 0 spiro atoms. The number of rotatable bonds is 4. The normalized spacial score (nSPS) is 33.8. The Labute approximate surface area is 158 Å². The van der Waals surface area contributed by atoms with Gasteiger partial charge >= 0.3 is 0 Å². The summed E-state index contributed by atoms with van der Waals surface area (Å²) >= 11 is 0. The topological polar surface area (TPSA) is 38.3 Å². The maximum atomic E-state index is 12.6. The van der Waals surface area contributed by atoms with Crippen LogP contribution in [0.1, 0.15) is 73.6 Å². The molecule has 4 atom stereocenters. The third-order valence-electron chi connectivity index (χ3n) is 6.79. The molecule has 0 amide bonds. The van der Waals surface area contributed by atoms with Crippen molar-refractivity contribution in [1.82, 2.24) is 4.72 Å². The zero-order valence-electron chi connectivity index (χ0n) is 17.4. The van der Waals surface area contributed by atoms with E-state index in [-0.39, 0.29) is 15.4 Å². The van der Waals surface area contributed by atoms with E-state index in [0.29, 0.717) is 5.92 Å². The summed E-state index contributed by atoms with van der Waals surface area (Å²) in [6, 6.07) is 0. The summed E-state index contributed by atoms with van der Waals surface area (Å²) in [4.78, 5) is 0. The molecule has 2 fully saturated rings. The highest BCUT2D eigenvalue weighted by Gasteiger charge is 2.55. The van der Waals surface area contributed by atoms with Gasteiger partial charge < -0.3 is 9.15 Å². The second-order valence-electron chi connectivity index (χ2n) is 11.1. The zero-order chi connectivity index (χ0) is 18.8. The van der Waals surface area contributed by atoms with Crippen LogP contribution in [0.3, 0.4) is 0 Å². The Kier molecular flexibility index (Phi) is 4.66. The smallest absolute Gasteiger partial charge is 0.192 e. The molecule has 25 heavy (non-hydrogen) atoms. The first-order valence-corrected chi connectivity index (χ1v) is 13.9. The molecule has 4 bridgehead atoms. The van der Waals surface area contributed by atoms with Crippen LogP contribution in [0.4, 0.5) is 0 Å². The predicted molar refractivity (Wildman–Crippen MR) is 109 cm³/mol. The van der Waals surface area contributed by atoms with Gasteiger partial charge in [-0.2, -0.15) is 0 Å². The van der Waals surface area contributed by atoms with Crippen molar-refractivity contribution in [2.45, 2.75) is 102 Å². The predicted octanol–water partition coefficient (Wildman–Crippen LogP) is 5.28. The molecule has 0 aromatic heterocycles. The van der Waals surface area contributed by atoms with Gasteiger partial charge in [0.2, 0.25) is 0 Å². The molecule has 2 saturated carbocycles. The Morgan fingerprint density at radius 3 is 2.32 bits per heavy atom. The third-order valence-corrected chi connectivity index (χ3v) is 12.9. The van der Waals surface area contributed by atoms with Crippen molar-refractivity contribution in [1.29, 1.82) is 0 Å². The summed E-state index contributed by atoms with van der Waals surface area (Å²) in [6.07, 6.45) is 5.83. The van der Waals surface area contributed by atoms with Gasteiger partial charge in [0.25, 0.3) is 0 Å². The van der Waals surface area contributed by atoms with Crippen molar-refractivity contribution in [3.8, 4) is 0 Å². The van der Waals surface area contributed by atoms with E-state index in [1.165, 1.54) is 30.5 Å². The molecule has 3 nitrogen and oxygen atoms in total. The summed E-state index contributed by atoms with van der Waals surface area (Å²) in [5.74, 6) is 1.29. The lowest BCUT2D eigenvalue weighted by Crippen LogP contribution is -2.57. The van der Waals surface area contributed by atoms with Crippen LogP contribution in [-0.4, -0.2) is 22.9 Å². The number of hydrogen-bond acceptors (Lipinski definition) is 2. The van der Waals surface area contributed by atoms with E-state index < -0.39 is 19.3 Å². The maximum Gasteiger partial charge on any atom is 0.192 e. The van der Waals surface area contributed by atoms with Gasteiger partial charge in [0.05, 0.1) is 10.3 Å². The largest absolute Gasteiger partial charge is 0.411 e. The molecule has 4 rings (SSSR count). The maximum absolute atomic E-state index is 12.6. The second-order valence-corrected chi connectivity index (χ2v) is 17.8. The Hall–Kier alpha value is -0.133. The van der Waals surface area contributed by atoms with Gasteiger partial charge in [0, 0.05) is 11.6 Å². The minimum atomic E-state index is -1.78. The zero-order valence-corrected chi connectivity index (χ0v) is 19.2. The summed E-state index contributed by atoms with van der Waals surface area (Å²) in [5.41, 5.74) is 2.87. The molecular weight excluding hydrogens is 346 g/mol. The fraction of sp³-hybridized carbons (Fsp3) is 0.900. The molecule has 144 valence electrons. The van der Waals surface area contributed by atoms with E-state index in [1.807, 2.05) is 20.8 Å². The van der Waals surface area contributed by atoms with E-state index >= 15 is 0 Å². The van der Waals surface area contributed by atoms with Crippen LogP contribution in [0, 0.1) is 11.8 Å². The summed E-state index contributed by atoms with van der Waals surface area (Å²) < 4.78 is 22.9. The highest BCUT2D eigenvalue weighted by Crippen LogP contribution is 2.58. The van der Waals surface area contributed by atoms with Crippen molar-refractivity contribution < 1.29 is 8.63 Å². The number of nitrogens with one attached hydrogen (secondary N) is 1. The fourth-order valence-corrected chi connectivity index (χ4v) is 7.12.